The van der Waals surface area contributed by atoms with Crippen LogP contribution in [0.3, 0.4) is 0 Å². The van der Waals surface area contributed by atoms with Crippen molar-refractivity contribution < 1.29 is 23.3 Å². The molecule has 4 nitrogen and oxygen atoms in total. The highest BCUT2D eigenvalue weighted by molar-refractivity contribution is 5.69. The van der Waals surface area contributed by atoms with Gasteiger partial charge in [0.1, 0.15) is 43.2 Å². The fourth-order valence-corrected chi connectivity index (χ4v) is 4.60. The molecule has 0 saturated heterocycles. The fourth-order valence-electron chi connectivity index (χ4n) is 4.60. The summed E-state index contributed by atoms with van der Waals surface area (Å²) in [5, 5.41) is 0. The molecule has 1 unspecified atom stereocenters. The van der Waals surface area contributed by atoms with Gasteiger partial charge in [0.15, 0.2) is 11.6 Å². The summed E-state index contributed by atoms with van der Waals surface area (Å²) < 4.78 is 39.5. The van der Waals surface area contributed by atoms with Gasteiger partial charge in [-0.15, -0.1) is 0 Å². The molecule has 1 aliphatic rings. The number of halogens is 1. The smallest absolute Gasteiger partial charge is 0.165 e. The summed E-state index contributed by atoms with van der Waals surface area (Å²) in [6, 6.07) is 38.3. The lowest BCUT2D eigenvalue weighted by atomic mass is 10.0. The van der Waals surface area contributed by atoms with Crippen molar-refractivity contribution in [2.75, 3.05) is 0 Å². The Balaban J connectivity index is 1.21. The molecule has 5 heteroatoms. The number of ether oxygens (including phenoxy) is 4. The van der Waals surface area contributed by atoms with E-state index in [-0.39, 0.29) is 5.75 Å². The monoisotopic (exact) mass is 544 g/mol. The molecule has 204 valence electrons. The average molecular weight is 545 g/mol. The van der Waals surface area contributed by atoms with E-state index < -0.39 is 11.9 Å². The van der Waals surface area contributed by atoms with E-state index in [1.165, 1.54) is 6.07 Å². The van der Waals surface area contributed by atoms with Gasteiger partial charge in [-0.05, 0) is 46.5 Å². The molecule has 1 aliphatic heterocycles. The van der Waals surface area contributed by atoms with Crippen LogP contribution in [0.4, 0.5) is 4.39 Å². The summed E-state index contributed by atoms with van der Waals surface area (Å²) in [4.78, 5) is 0. The standard InChI is InChI=1S/C36H29FO4/c37-32-20-29(16-18-34(32)39-24-27-12-6-2-7-13-27)33-19-17-31-35(40-25-28-14-8-3-9-15-28)21-30(22-36(31)41-33)38-23-26-10-4-1-5-11-26/h1-22,33H,23-25H2. The largest absolute Gasteiger partial charge is 0.489 e. The second kappa shape index (κ2) is 12.4. The number of hydrogen-bond acceptors (Lipinski definition) is 4. The zero-order chi connectivity index (χ0) is 27.9. The molecule has 0 N–H and O–H groups in total. The highest BCUT2D eigenvalue weighted by Gasteiger charge is 2.22. The fraction of sp³-hybridized carbons (Fsp3) is 0.111. The van der Waals surface area contributed by atoms with Crippen LogP contribution in [-0.2, 0) is 19.8 Å². The van der Waals surface area contributed by atoms with Crippen LogP contribution in [0.15, 0.2) is 127 Å². The van der Waals surface area contributed by atoms with Gasteiger partial charge in [0.25, 0.3) is 0 Å². The van der Waals surface area contributed by atoms with Gasteiger partial charge < -0.3 is 18.9 Å². The molecule has 41 heavy (non-hydrogen) atoms. The molecule has 0 saturated carbocycles. The third-order valence-electron chi connectivity index (χ3n) is 6.78. The average Bonchev–Trinajstić information content (AvgIpc) is 3.03. The first-order chi connectivity index (χ1) is 20.2. The van der Waals surface area contributed by atoms with E-state index in [0.29, 0.717) is 42.6 Å². The molecular formula is C36H29FO4. The molecule has 0 amide bonds. The van der Waals surface area contributed by atoms with Crippen LogP contribution >= 0.6 is 0 Å². The molecule has 0 radical (unpaired) electrons. The molecule has 5 aromatic carbocycles. The minimum atomic E-state index is -0.480. The minimum Gasteiger partial charge on any atom is -0.489 e. The molecule has 5 aromatic rings. The highest BCUT2D eigenvalue weighted by atomic mass is 19.1. The van der Waals surface area contributed by atoms with Crippen molar-refractivity contribution in [1.82, 2.24) is 0 Å². The van der Waals surface area contributed by atoms with E-state index in [1.54, 1.807) is 6.07 Å². The lowest BCUT2D eigenvalue weighted by Gasteiger charge is -2.25. The zero-order valence-electron chi connectivity index (χ0n) is 22.4. The molecular weight excluding hydrogens is 515 g/mol. The third kappa shape index (κ3) is 6.59. The maximum Gasteiger partial charge on any atom is 0.165 e. The first-order valence-corrected chi connectivity index (χ1v) is 13.5. The molecule has 0 fully saturated rings. The summed E-state index contributed by atoms with van der Waals surface area (Å²) in [6.45, 7) is 1.11. The SMILES string of the molecule is Fc1cc(C2C=Cc3c(OCc4ccccc4)cc(OCc4ccccc4)cc3O2)ccc1OCc1ccccc1. The van der Waals surface area contributed by atoms with Crippen LogP contribution in [0.5, 0.6) is 23.0 Å². The van der Waals surface area contributed by atoms with Gasteiger partial charge in [0, 0.05) is 12.1 Å². The van der Waals surface area contributed by atoms with Gasteiger partial charge in [-0.2, -0.15) is 0 Å². The number of benzene rings is 5. The molecule has 1 heterocycles. The van der Waals surface area contributed by atoms with Gasteiger partial charge >= 0.3 is 0 Å². The van der Waals surface area contributed by atoms with Crippen LogP contribution in [0.1, 0.15) is 33.9 Å². The Bertz CT molecular complexity index is 1620. The Hall–Kier alpha value is -5.03. The molecule has 0 aliphatic carbocycles. The predicted molar refractivity (Wildman–Crippen MR) is 158 cm³/mol. The van der Waals surface area contributed by atoms with Crippen molar-refractivity contribution in [1.29, 1.82) is 0 Å². The predicted octanol–water partition coefficient (Wildman–Crippen LogP) is 8.71. The van der Waals surface area contributed by atoms with E-state index in [9.17, 15) is 0 Å². The Morgan fingerprint density at radius 2 is 1.15 bits per heavy atom. The van der Waals surface area contributed by atoms with Crippen molar-refractivity contribution >= 4 is 6.08 Å². The topological polar surface area (TPSA) is 36.9 Å². The van der Waals surface area contributed by atoms with Crippen LogP contribution in [0.2, 0.25) is 0 Å². The summed E-state index contributed by atoms with van der Waals surface area (Å²) in [5.41, 5.74) is 4.58. The summed E-state index contributed by atoms with van der Waals surface area (Å²) in [6.07, 6.45) is 3.39. The van der Waals surface area contributed by atoms with Crippen LogP contribution < -0.4 is 18.9 Å². The highest BCUT2D eigenvalue weighted by Crippen LogP contribution is 2.42. The number of fused-ring (bicyclic) bond motifs is 1. The molecule has 0 aromatic heterocycles. The number of rotatable bonds is 10. The van der Waals surface area contributed by atoms with Gasteiger partial charge in [-0.1, -0.05) is 97.1 Å². The van der Waals surface area contributed by atoms with Crippen molar-refractivity contribution in [3.05, 3.63) is 161 Å². The summed E-state index contributed by atoms with van der Waals surface area (Å²) in [7, 11) is 0. The second-order valence-corrected chi connectivity index (χ2v) is 9.74. The van der Waals surface area contributed by atoms with Crippen LogP contribution in [0.25, 0.3) is 6.08 Å². The Morgan fingerprint density at radius 3 is 1.73 bits per heavy atom. The van der Waals surface area contributed by atoms with E-state index in [0.717, 1.165) is 22.3 Å². The summed E-state index contributed by atoms with van der Waals surface area (Å²) >= 11 is 0. The van der Waals surface area contributed by atoms with Gasteiger partial charge in [0.2, 0.25) is 0 Å². The first kappa shape index (κ1) is 26.2. The molecule has 0 bridgehead atoms. The quantitative estimate of drug-likeness (QED) is 0.176. The number of hydrogen-bond donors (Lipinski definition) is 0. The van der Waals surface area contributed by atoms with Gasteiger partial charge in [-0.25, -0.2) is 4.39 Å². The van der Waals surface area contributed by atoms with E-state index in [1.807, 2.05) is 121 Å². The van der Waals surface area contributed by atoms with Crippen molar-refractivity contribution in [2.24, 2.45) is 0 Å². The zero-order valence-corrected chi connectivity index (χ0v) is 22.4. The molecule has 6 rings (SSSR count). The van der Waals surface area contributed by atoms with Gasteiger partial charge in [-0.3, -0.25) is 0 Å². The Kier molecular flexibility index (Phi) is 7.95. The maximum absolute atomic E-state index is 15.0. The Morgan fingerprint density at radius 1 is 0.585 bits per heavy atom. The lowest BCUT2D eigenvalue weighted by Crippen LogP contribution is -2.11. The molecule has 1 atom stereocenters. The Labute approximate surface area is 239 Å². The van der Waals surface area contributed by atoms with E-state index in [2.05, 4.69) is 0 Å². The van der Waals surface area contributed by atoms with Crippen molar-refractivity contribution in [2.45, 2.75) is 25.9 Å². The third-order valence-corrected chi connectivity index (χ3v) is 6.78. The van der Waals surface area contributed by atoms with Crippen molar-refractivity contribution in [3.8, 4) is 23.0 Å². The first-order valence-electron chi connectivity index (χ1n) is 13.5. The molecule has 0 spiro atoms. The van der Waals surface area contributed by atoms with E-state index >= 15 is 4.39 Å². The second-order valence-electron chi connectivity index (χ2n) is 9.74. The van der Waals surface area contributed by atoms with Gasteiger partial charge in [0.05, 0.1) is 5.56 Å². The maximum atomic E-state index is 15.0. The van der Waals surface area contributed by atoms with Crippen molar-refractivity contribution in [3.63, 3.8) is 0 Å². The summed E-state index contributed by atoms with van der Waals surface area (Å²) in [5.74, 6) is 1.65. The van der Waals surface area contributed by atoms with Crippen LogP contribution in [0, 0.1) is 5.82 Å². The van der Waals surface area contributed by atoms with Crippen LogP contribution in [-0.4, -0.2) is 0 Å². The minimum absolute atomic E-state index is 0.200. The van der Waals surface area contributed by atoms with E-state index in [4.69, 9.17) is 18.9 Å². The lowest BCUT2D eigenvalue weighted by molar-refractivity contribution is 0.240. The normalized spacial score (nSPS) is 13.6.